The third-order valence-corrected chi connectivity index (χ3v) is 8.11. The minimum absolute atomic E-state index is 0.0645. The van der Waals surface area contributed by atoms with Crippen LogP contribution in [0, 0.1) is 13.8 Å². The number of aryl methyl sites for hydroxylation is 2. The van der Waals surface area contributed by atoms with E-state index in [1.165, 1.54) is 12.1 Å². The Bertz CT molecular complexity index is 1890. The summed E-state index contributed by atoms with van der Waals surface area (Å²) >= 11 is 0. The van der Waals surface area contributed by atoms with Crippen LogP contribution in [0.25, 0.3) is 0 Å². The second-order valence-corrected chi connectivity index (χ2v) is 11.9. The molecule has 5 aromatic rings. The molecule has 0 aromatic heterocycles. The first kappa shape index (κ1) is 28.9. The summed E-state index contributed by atoms with van der Waals surface area (Å²) in [5.74, 6) is -0.204. The lowest BCUT2D eigenvalue weighted by Gasteiger charge is -2.16. The molecule has 5 rings (SSSR count). The van der Waals surface area contributed by atoms with Crippen LogP contribution in [0.1, 0.15) is 65.2 Å². The maximum Gasteiger partial charge on any atom is 0.294 e. The molecule has 0 spiro atoms. The summed E-state index contributed by atoms with van der Waals surface area (Å²) in [5, 5.41) is 0. The zero-order valence-electron chi connectivity index (χ0n) is 23.4. The van der Waals surface area contributed by atoms with Crippen LogP contribution in [0.5, 0.6) is 0 Å². The van der Waals surface area contributed by atoms with Crippen molar-refractivity contribution in [3.05, 3.63) is 171 Å². The van der Waals surface area contributed by atoms with Crippen molar-refractivity contribution in [3.8, 4) is 0 Å². The molecule has 0 fully saturated rings. The van der Waals surface area contributed by atoms with Gasteiger partial charge in [-0.15, -0.1) is 0 Å². The van der Waals surface area contributed by atoms with Crippen LogP contribution in [-0.2, 0) is 23.0 Å². The second-order valence-electron chi connectivity index (χ2n) is 10.5. The molecule has 5 nitrogen and oxygen atoms in total. The van der Waals surface area contributed by atoms with E-state index >= 15 is 0 Å². The lowest BCUT2D eigenvalue weighted by atomic mass is 9.87. The predicted octanol–water partition coefficient (Wildman–Crippen LogP) is 7.19. The van der Waals surface area contributed by atoms with Gasteiger partial charge in [0.1, 0.15) is 0 Å². The average molecular weight is 575 g/mol. The molecule has 0 unspecified atom stereocenters. The lowest BCUT2D eigenvalue weighted by molar-refractivity contribution is 0.103. The van der Waals surface area contributed by atoms with Crippen LogP contribution in [-0.4, -0.2) is 24.5 Å². The molecule has 1 N–H and O–H groups in total. The maximum atomic E-state index is 13.8. The number of ketones is 2. The largest absolute Gasteiger partial charge is 0.294 e. The van der Waals surface area contributed by atoms with Crippen molar-refractivity contribution in [3.63, 3.8) is 0 Å². The number of carbonyl (C=O) groups is 2. The summed E-state index contributed by atoms with van der Waals surface area (Å²) in [6, 6.07) is 34.3. The Morgan fingerprint density at radius 1 is 0.619 bits per heavy atom. The zero-order chi connectivity index (χ0) is 29.9. The fourth-order valence-corrected chi connectivity index (χ4v) is 5.93. The van der Waals surface area contributed by atoms with Crippen molar-refractivity contribution in [1.82, 2.24) is 0 Å². The Morgan fingerprint density at radius 3 is 1.90 bits per heavy atom. The highest BCUT2D eigenvalue weighted by molar-refractivity contribution is 7.85. The summed E-state index contributed by atoms with van der Waals surface area (Å²) in [5.41, 5.74) is 6.98. The van der Waals surface area contributed by atoms with Gasteiger partial charge in [-0.2, -0.15) is 8.42 Å². The van der Waals surface area contributed by atoms with Crippen molar-refractivity contribution < 1.29 is 22.6 Å². The first-order valence-electron chi connectivity index (χ1n) is 13.6. The smallest absolute Gasteiger partial charge is 0.289 e. The van der Waals surface area contributed by atoms with Crippen molar-refractivity contribution in [2.24, 2.45) is 0 Å². The highest BCUT2D eigenvalue weighted by Gasteiger charge is 2.20. The quantitative estimate of drug-likeness (QED) is 0.149. The molecule has 42 heavy (non-hydrogen) atoms. The number of hydrogen-bond donors (Lipinski definition) is 1. The molecule has 0 aliphatic heterocycles. The van der Waals surface area contributed by atoms with Gasteiger partial charge >= 0.3 is 0 Å². The van der Waals surface area contributed by atoms with Crippen LogP contribution in [0.2, 0.25) is 0 Å². The van der Waals surface area contributed by atoms with Gasteiger partial charge in [-0.25, -0.2) is 0 Å². The van der Waals surface area contributed by atoms with Crippen molar-refractivity contribution in [2.75, 3.05) is 0 Å². The number of benzene rings is 5. The molecule has 0 bridgehead atoms. The molecule has 0 amide bonds. The summed E-state index contributed by atoms with van der Waals surface area (Å²) < 4.78 is 33.2. The predicted molar refractivity (Wildman–Crippen MR) is 164 cm³/mol. The fourth-order valence-electron chi connectivity index (χ4n) is 5.30. The third kappa shape index (κ3) is 6.46. The van der Waals surface area contributed by atoms with Gasteiger partial charge in [0.25, 0.3) is 10.1 Å². The van der Waals surface area contributed by atoms with Gasteiger partial charge in [0.15, 0.2) is 11.6 Å². The van der Waals surface area contributed by atoms with E-state index in [4.69, 9.17) is 0 Å². The molecule has 0 radical (unpaired) electrons. The Kier molecular flexibility index (Phi) is 8.29. The first-order valence-corrected chi connectivity index (χ1v) is 15.0. The van der Waals surface area contributed by atoms with Crippen molar-refractivity contribution in [2.45, 2.75) is 31.6 Å². The summed E-state index contributed by atoms with van der Waals surface area (Å²) in [7, 11) is -4.36. The van der Waals surface area contributed by atoms with Crippen molar-refractivity contribution >= 4 is 21.7 Å². The van der Waals surface area contributed by atoms with E-state index < -0.39 is 10.1 Å². The van der Waals surface area contributed by atoms with E-state index in [2.05, 4.69) is 0 Å². The van der Waals surface area contributed by atoms with E-state index in [-0.39, 0.29) is 16.5 Å². The minimum Gasteiger partial charge on any atom is -0.289 e. The topological polar surface area (TPSA) is 88.5 Å². The van der Waals surface area contributed by atoms with Gasteiger partial charge in [-0.3, -0.25) is 14.1 Å². The van der Waals surface area contributed by atoms with Gasteiger partial charge in [0.2, 0.25) is 0 Å². The van der Waals surface area contributed by atoms with Crippen LogP contribution < -0.4 is 0 Å². The second kappa shape index (κ2) is 12.1. The summed E-state index contributed by atoms with van der Waals surface area (Å²) in [4.78, 5) is 27.2. The van der Waals surface area contributed by atoms with E-state index in [0.29, 0.717) is 46.2 Å². The van der Waals surface area contributed by atoms with Gasteiger partial charge in [0, 0.05) is 22.3 Å². The van der Waals surface area contributed by atoms with Crippen LogP contribution in [0.15, 0.2) is 120 Å². The number of hydrogen-bond acceptors (Lipinski definition) is 4. The maximum absolute atomic E-state index is 13.8. The summed E-state index contributed by atoms with van der Waals surface area (Å²) in [6.07, 6.45) is 0.739. The molecule has 0 heterocycles. The van der Waals surface area contributed by atoms with Crippen LogP contribution in [0.3, 0.4) is 0 Å². The standard InChI is InChI=1S/C36H30O5S/c1-24-18-27(21-32(19-24)42(39,40)41)20-26-16-17-30(33(22-26)35(37)28-11-5-3-6-12-28)23-31-15-9-10-25(2)34(31)36(38)29-13-7-4-8-14-29/h3-19,21-22H,20,23H2,1-2H3,(H,39,40,41). The highest BCUT2D eigenvalue weighted by atomic mass is 32.2. The molecule has 6 heteroatoms. The fraction of sp³-hybridized carbons (Fsp3) is 0.111. The van der Waals surface area contributed by atoms with Crippen LogP contribution in [0.4, 0.5) is 0 Å². The molecular weight excluding hydrogens is 544 g/mol. The molecule has 0 saturated carbocycles. The molecule has 0 saturated heterocycles. The molecular formula is C36H30O5S. The Hall–Kier alpha value is -4.65. The molecule has 5 aromatic carbocycles. The van der Waals surface area contributed by atoms with E-state index in [0.717, 1.165) is 22.3 Å². The highest BCUT2D eigenvalue weighted by Crippen LogP contribution is 2.26. The van der Waals surface area contributed by atoms with E-state index in [1.807, 2.05) is 85.8 Å². The normalized spacial score (nSPS) is 11.3. The van der Waals surface area contributed by atoms with E-state index in [1.54, 1.807) is 31.2 Å². The number of carbonyl (C=O) groups excluding carboxylic acids is 2. The Morgan fingerprint density at radius 2 is 1.26 bits per heavy atom. The van der Waals surface area contributed by atoms with Crippen molar-refractivity contribution in [1.29, 1.82) is 0 Å². The number of rotatable bonds is 9. The molecule has 0 aliphatic carbocycles. The zero-order valence-corrected chi connectivity index (χ0v) is 24.2. The third-order valence-electron chi connectivity index (χ3n) is 7.27. The van der Waals surface area contributed by atoms with Gasteiger partial charge < -0.3 is 0 Å². The molecule has 0 atom stereocenters. The minimum atomic E-state index is -4.36. The molecule has 0 aliphatic rings. The van der Waals surface area contributed by atoms with Gasteiger partial charge in [0.05, 0.1) is 4.90 Å². The first-order chi connectivity index (χ1) is 20.1. The van der Waals surface area contributed by atoms with Crippen LogP contribution >= 0.6 is 0 Å². The Labute approximate surface area is 246 Å². The van der Waals surface area contributed by atoms with Gasteiger partial charge in [-0.1, -0.05) is 97.1 Å². The SMILES string of the molecule is Cc1cc(Cc2ccc(Cc3cccc(C)c3C(=O)c3ccccc3)c(C(=O)c3ccccc3)c2)cc(S(=O)(=O)O)c1. The monoisotopic (exact) mass is 574 g/mol. The molecule has 210 valence electrons. The summed E-state index contributed by atoms with van der Waals surface area (Å²) in [6.45, 7) is 3.68. The Balaban J connectivity index is 1.57. The lowest BCUT2D eigenvalue weighted by Crippen LogP contribution is -2.11. The van der Waals surface area contributed by atoms with Gasteiger partial charge in [-0.05, 0) is 78.3 Å². The van der Waals surface area contributed by atoms with E-state index in [9.17, 15) is 22.6 Å². The average Bonchev–Trinajstić information content (AvgIpc) is 2.97.